The van der Waals surface area contributed by atoms with Gasteiger partial charge in [-0.05, 0) is 0 Å². The van der Waals surface area contributed by atoms with Crippen LogP contribution in [0, 0.1) is 0 Å². The molecule has 2 heterocycles. The van der Waals surface area contributed by atoms with E-state index in [-0.39, 0.29) is 10.6 Å². The van der Waals surface area contributed by atoms with Crippen molar-refractivity contribution in [1.82, 2.24) is 15.5 Å². The molecule has 0 saturated carbocycles. The number of anilines is 1. The molecule has 0 amide bonds. The fourth-order valence-corrected chi connectivity index (χ4v) is 2.08. The average Bonchev–Trinajstić information content (AvgIpc) is 2.32. The second kappa shape index (κ2) is 4.67. The summed E-state index contributed by atoms with van der Waals surface area (Å²) >= 11 is 5.95. The summed E-state index contributed by atoms with van der Waals surface area (Å²) in [6, 6.07) is 0. The second-order valence-corrected chi connectivity index (χ2v) is 4.20. The van der Waals surface area contributed by atoms with Crippen LogP contribution < -0.4 is 21.5 Å². The Bertz CT molecular complexity index is 510. The van der Waals surface area contributed by atoms with E-state index in [4.69, 9.17) is 17.3 Å². The zero-order chi connectivity index (χ0) is 12.4. The van der Waals surface area contributed by atoms with Crippen molar-refractivity contribution < 1.29 is 0 Å². The van der Waals surface area contributed by atoms with Crippen LogP contribution in [0.5, 0.6) is 0 Å². The number of nitrogens with two attached hydrogens (primary N) is 1. The fourth-order valence-electron chi connectivity index (χ4n) is 1.87. The van der Waals surface area contributed by atoms with Gasteiger partial charge in [-0.15, -0.1) is 0 Å². The third-order valence-corrected chi connectivity index (χ3v) is 3.17. The molecule has 0 fully saturated rings. The molecule has 0 aliphatic carbocycles. The maximum Gasteiger partial charge on any atom is 0.285 e. The highest BCUT2D eigenvalue weighted by molar-refractivity contribution is 6.33. The molecule has 0 saturated heterocycles. The first-order valence-corrected chi connectivity index (χ1v) is 5.64. The topological polar surface area (TPSA) is 87.0 Å². The highest BCUT2D eigenvalue weighted by atomic mass is 35.5. The molecule has 0 bridgehead atoms. The monoisotopic (exact) mass is 255 g/mol. The molecule has 0 unspecified atom stereocenters. The molecule has 0 aromatic carbocycles. The summed E-state index contributed by atoms with van der Waals surface area (Å²) < 4.78 is 0. The quantitative estimate of drug-likeness (QED) is 0.694. The van der Waals surface area contributed by atoms with Crippen LogP contribution in [0.3, 0.4) is 0 Å². The Balaban J connectivity index is 2.29. The van der Waals surface area contributed by atoms with E-state index in [1.807, 2.05) is 11.9 Å². The predicted octanol–water partition coefficient (Wildman–Crippen LogP) is 0.0231. The lowest BCUT2D eigenvalue weighted by Gasteiger charge is -2.30. The van der Waals surface area contributed by atoms with Crippen LogP contribution in [0.2, 0.25) is 5.02 Å². The number of nitrogens with zero attached hydrogens (tertiary/aromatic N) is 2. The minimum atomic E-state index is -0.383. The van der Waals surface area contributed by atoms with Gasteiger partial charge in [-0.3, -0.25) is 4.79 Å². The molecule has 17 heavy (non-hydrogen) atoms. The summed E-state index contributed by atoms with van der Waals surface area (Å²) in [6.07, 6.45) is 2.34. The van der Waals surface area contributed by atoms with Gasteiger partial charge in [0.15, 0.2) is 0 Å². The number of H-pyrrole nitrogens is 1. The Hall–Kier alpha value is -1.69. The van der Waals surface area contributed by atoms with E-state index >= 15 is 0 Å². The van der Waals surface area contributed by atoms with Crippen LogP contribution in [-0.4, -0.2) is 30.3 Å². The minimum Gasteiger partial charge on any atom is -0.399 e. The van der Waals surface area contributed by atoms with Crippen LogP contribution in [0.15, 0.2) is 22.4 Å². The molecule has 1 aliphatic rings. The number of halogens is 1. The summed E-state index contributed by atoms with van der Waals surface area (Å²) in [4.78, 5) is 13.3. The molecule has 4 N–H and O–H groups in total. The lowest BCUT2D eigenvalue weighted by molar-refractivity contribution is 0.702. The highest BCUT2D eigenvalue weighted by Crippen LogP contribution is 2.24. The number of rotatable bonds is 2. The number of aromatic amines is 1. The van der Waals surface area contributed by atoms with E-state index in [0.717, 1.165) is 24.4 Å². The summed E-state index contributed by atoms with van der Waals surface area (Å²) in [5, 5.41) is 9.26. The molecule has 0 atom stereocenters. The van der Waals surface area contributed by atoms with Crippen molar-refractivity contribution in [3.63, 3.8) is 0 Å². The van der Waals surface area contributed by atoms with Gasteiger partial charge in [0.25, 0.3) is 5.56 Å². The van der Waals surface area contributed by atoms with Gasteiger partial charge in [0, 0.05) is 31.4 Å². The van der Waals surface area contributed by atoms with Gasteiger partial charge in [-0.2, -0.15) is 5.10 Å². The van der Waals surface area contributed by atoms with Crippen LogP contribution in [0.25, 0.3) is 0 Å². The lowest BCUT2D eigenvalue weighted by atomic mass is 10.1. The minimum absolute atomic E-state index is 0.153. The maximum atomic E-state index is 11.4. The molecular weight excluding hydrogens is 242 g/mol. The Morgan fingerprint density at radius 2 is 2.41 bits per heavy atom. The van der Waals surface area contributed by atoms with E-state index in [2.05, 4.69) is 15.5 Å². The molecule has 6 nitrogen and oxygen atoms in total. The van der Waals surface area contributed by atoms with Crippen molar-refractivity contribution in [3.05, 3.63) is 33.0 Å². The smallest absolute Gasteiger partial charge is 0.285 e. The van der Waals surface area contributed by atoms with Gasteiger partial charge in [0.2, 0.25) is 0 Å². The SMILES string of the molecule is CNC1=C(N)CN(c2cn[nH]c(=O)c2Cl)CC1. The van der Waals surface area contributed by atoms with E-state index in [1.54, 1.807) is 6.20 Å². The van der Waals surface area contributed by atoms with Crippen LogP contribution in [-0.2, 0) is 0 Å². The number of nitrogens with one attached hydrogen (secondary N) is 2. The van der Waals surface area contributed by atoms with Crippen molar-refractivity contribution in [2.24, 2.45) is 5.73 Å². The first kappa shape index (κ1) is 11.8. The van der Waals surface area contributed by atoms with E-state index < -0.39 is 0 Å². The Labute approximate surface area is 103 Å². The fraction of sp³-hybridized carbons (Fsp3) is 0.400. The standard InChI is InChI=1S/C10H14ClN5O/c1-13-7-2-3-16(5-6(7)12)8-4-14-15-10(17)9(8)11/h4,13H,2-3,5,12H2,1H3,(H,15,17). The van der Waals surface area contributed by atoms with Crippen LogP contribution >= 0.6 is 11.6 Å². The van der Waals surface area contributed by atoms with Gasteiger partial charge in [-0.25, -0.2) is 5.10 Å². The summed E-state index contributed by atoms with van der Waals surface area (Å²) in [6.45, 7) is 1.29. The summed E-state index contributed by atoms with van der Waals surface area (Å²) in [7, 11) is 1.85. The first-order chi connectivity index (χ1) is 8.13. The molecule has 1 aliphatic heterocycles. The van der Waals surface area contributed by atoms with Crippen molar-refractivity contribution >= 4 is 17.3 Å². The van der Waals surface area contributed by atoms with Gasteiger partial charge in [-0.1, -0.05) is 11.6 Å². The lowest BCUT2D eigenvalue weighted by Crippen LogP contribution is -2.37. The van der Waals surface area contributed by atoms with Crippen LogP contribution in [0.4, 0.5) is 5.69 Å². The van der Waals surface area contributed by atoms with Crippen molar-refractivity contribution in [2.45, 2.75) is 6.42 Å². The van der Waals surface area contributed by atoms with E-state index in [9.17, 15) is 4.79 Å². The van der Waals surface area contributed by atoms with Crippen molar-refractivity contribution in [1.29, 1.82) is 0 Å². The van der Waals surface area contributed by atoms with Gasteiger partial charge in [0.1, 0.15) is 5.02 Å². The Morgan fingerprint density at radius 3 is 3.06 bits per heavy atom. The zero-order valence-corrected chi connectivity index (χ0v) is 10.2. The summed E-state index contributed by atoms with van der Waals surface area (Å²) in [5.41, 5.74) is 7.96. The molecule has 1 aromatic rings. The Kier molecular flexibility index (Phi) is 3.23. The number of aromatic nitrogens is 2. The molecule has 2 rings (SSSR count). The average molecular weight is 256 g/mol. The largest absolute Gasteiger partial charge is 0.399 e. The predicted molar refractivity (Wildman–Crippen MR) is 67.0 cm³/mol. The van der Waals surface area contributed by atoms with Crippen molar-refractivity contribution in [2.75, 3.05) is 25.0 Å². The molecule has 92 valence electrons. The highest BCUT2D eigenvalue weighted by Gasteiger charge is 2.19. The molecular formula is C10H14ClN5O. The first-order valence-electron chi connectivity index (χ1n) is 5.27. The maximum absolute atomic E-state index is 11.4. The van der Waals surface area contributed by atoms with E-state index in [0.29, 0.717) is 12.2 Å². The zero-order valence-electron chi connectivity index (χ0n) is 9.46. The van der Waals surface area contributed by atoms with Crippen molar-refractivity contribution in [3.8, 4) is 0 Å². The third kappa shape index (κ3) is 2.21. The summed E-state index contributed by atoms with van der Waals surface area (Å²) in [5.74, 6) is 0. The van der Waals surface area contributed by atoms with Gasteiger partial charge >= 0.3 is 0 Å². The third-order valence-electron chi connectivity index (χ3n) is 2.80. The second-order valence-electron chi connectivity index (χ2n) is 3.82. The molecule has 0 radical (unpaired) electrons. The van der Waals surface area contributed by atoms with E-state index in [1.165, 1.54) is 0 Å². The van der Waals surface area contributed by atoms with Crippen LogP contribution in [0.1, 0.15) is 6.42 Å². The molecule has 0 spiro atoms. The van der Waals surface area contributed by atoms with Gasteiger partial charge < -0.3 is 16.0 Å². The number of hydrogen-bond donors (Lipinski definition) is 3. The Morgan fingerprint density at radius 1 is 1.65 bits per heavy atom. The normalized spacial score (nSPS) is 16.2. The molecule has 1 aromatic heterocycles. The van der Waals surface area contributed by atoms with Gasteiger partial charge in [0.05, 0.1) is 18.4 Å². The molecule has 7 heteroatoms. The number of hydrogen-bond acceptors (Lipinski definition) is 5.